The Labute approximate surface area is 122 Å². The predicted molar refractivity (Wildman–Crippen MR) is 83.8 cm³/mol. The van der Waals surface area contributed by atoms with Gasteiger partial charge in [-0.2, -0.15) is 0 Å². The van der Waals surface area contributed by atoms with Gasteiger partial charge in [-0.1, -0.05) is 18.2 Å². The van der Waals surface area contributed by atoms with Crippen molar-refractivity contribution < 1.29 is 8.42 Å². The predicted octanol–water partition coefficient (Wildman–Crippen LogP) is 2.65. The molecule has 0 saturated carbocycles. The van der Waals surface area contributed by atoms with Crippen LogP contribution in [-0.2, 0) is 22.7 Å². The molecule has 3 nitrogen and oxygen atoms in total. The normalized spacial score (nSPS) is 17.6. The van der Waals surface area contributed by atoms with Gasteiger partial charge in [0, 0.05) is 6.26 Å². The number of sulfone groups is 1. The van der Waals surface area contributed by atoms with Gasteiger partial charge in [0.15, 0.2) is 9.84 Å². The van der Waals surface area contributed by atoms with Gasteiger partial charge in [0.25, 0.3) is 0 Å². The Balaban J connectivity index is 2.42. The Morgan fingerprint density at radius 2 is 1.75 bits per heavy atom. The van der Waals surface area contributed by atoms with Crippen LogP contribution in [0.25, 0.3) is 0 Å². The minimum absolute atomic E-state index is 0.190. The summed E-state index contributed by atoms with van der Waals surface area (Å²) < 4.78 is 23.3. The molecule has 0 spiro atoms. The van der Waals surface area contributed by atoms with Crippen LogP contribution in [0.1, 0.15) is 49.4 Å². The van der Waals surface area contributed by atoms with E-state index in [1.807, 2.05) is 7.05 Å². The van der Waals surface area contributed by atoms with Crippen LogP contribution in [0.5, 0.6) is 0 Å². The van der Waals surface area contributed by atoms with E-state index in [2.05, 4.69) is 23.5 Å². The van der Waals surface area contributed by atoms with E-state index in [1.54, 1.807) is 13.8 Å². The smallest absolute Gasteiger partial charge is 0.154 e. The Morgan fingerprint density at radius 1 is 1.15 bits per heavy atom. The van der Waals surface area contributed by atoms with Crippen molar-refractivity contribution in [1.29, 1.82) is 0 Å². The Morgan fingerprint density at radius 3 is 2.30 bits per heavy atom. The number of rotatable bonds is 4. The summed E-state index contributed by atoms with van der Waals surface area (Å²) in [6.45, 7) is 3.59. The number of hydrogen-bond donors (Lipinski definition) is 1. The fourth-order valence-corrected chi connectivity index (χ4v) is 3.74. The molecule has 0 aromatic heterocycles. The van der Waals surface area contributed by atoms with Gasteiger partial charge in [0.2, 0.25) is 0 Å². The van der Waals surface area contributed by atoms with Crippen molar-refractivity contribution in [2.45, 2.75) is 50.3 Å². The van der Waals surface area contributed by atoms with E-state index in [-0.39, 0.29) is 6.04 Å². The highest BCUT2D eigenvalue weighted by molar-refractivity contribution is 7.92. The van der Waals surface area contributed by atoms with Crippen LogP contribution in [0.3, 0.4) is 0 Å². The van der Waals surface area contributed by atoms with Crippen molar-refractivity contribution in [3.05, 3.63) is 34.9 Å². The number of aryl methyl sites for hydroxylation is 2. The molecule has 4 heteroatoms. The lowest BCUT2D eigenvalue weighted by molar-refractivity contribution is 0.445. The maximum atomic E-state index is 12.1. The van der Waals surface area contributed by atoms with Gasteiger partial charge in [0.05, 0.1) is 10.8 Å². The summed E-state index contributed by atoms with van der Waals surface area (Å²) in [4.78, 5) is 0. The van der Waals surface area contributed by atoms with Crippen LogP contribution < -0.4 is 5.32 Å². The van der Waals surface area contributed by atoms with E-state index in [4.69, 9.17) is 0 Å². The van der Waals surface area contributed by atoms with Crippen molar-refractivity contribution in [2.24, 2.45) is 0 Å². The summed E-state index contributed by atoms with van der Waals surface area (Å²) in [7, 11) is -1.32. The van der Waals surface area contributed by atoms with Crippen LogP contribution in [0.2, 0.25) is 0 Å². The molecule has 1 N–H and O–H groups in total. The molecule has 1 atom stereocenters. The van der Waals surface area contributed by atoms with Gasteiger partial charge < -0.3 is 5.32 Å². The first-order chi connectivity index (χ1) is 9.27. The zero-order valence-electron chi connectivity index (χ0n) is 12.9. The second kappa shape index (κ2) is 5.49. The van der Waals surface area contributed by atoms with E-state index < -0.39 is 14.6 Å². The minimum Gasteiger partial charge on any atom is -0.312 e. The third-order valence-electron chi connectivity index (χ3n) is 4.65. The zero-order valence-corrected chi connectivity index (χ0v) is 13.7. The number of nitrogens with one attached hydrogen (secondary N) is 1. The Bertz CT molecular complexity index is 590. The summed E-state index contributed by atoms with van der Waals surface area (Å²) in [6.07, 6.45) is 6.07. The van der Waals surface area contributed by atoms with E-state index in [1.165, 1.54) is 30.2 Å². The van der Waals surface area contributed by atoms with Crippen molar-refractivity contribution in [1.82, 2.24) is 5.32 Å². The molecule has 1 aliphatic rings. The quantitative estimate of drug-likeness (QED) is 0.929. The van der Waals surface area contributed by atoms with Gasteiger partial charge in [-0.15, -0.1) is 0 Å². The van der Waals surface area contributed by atoms with Crippen LogP contribution in [-0.4, -0.2) is 26.5 Å². The molecule has 0 bridgehead atoms. The average molecular weight is 295 g/mol. The standard InChI is InChI=1S/C16H25NO2S/c1-16(2,20(4,18)19)15(17-3)14-10-9-12-7-5-6-8-13(12)11-14/h9-11,15,17H,5-8H2,1-4H3. The molecule has 1 aliphatic carbocycles. The van der Waals surface area contributed by atoms with E-state index in [0.717, 1.165) is 18.4 Å². The summed E-state index contributed by atoms with van der Waals surface area (Å²) in [5, 5.41) is 3.19. The molecule has 0 saturated heterocycles. The first-order valence-electron chi connectivity index (χ1n) is 7.26. The highest BCUT2D eigenvalue weighted by atomic mass is 32.2. The number of fused-ring (bicyclic) bond motifs is 1. The van der Waals surface area contributed by atoms with E-state index in [0.29, 0.717) is 0 Å². The minimum atomic E-state index is -3.15. The molecule has 112 valence electrons. The second-order valence-corrected chi connectivity index (χ2v) is 8.93. The first kappa shape index (κ1) is 15.5. The summed E-state index contributed by atoms with van der Waals surface area (Å²) in [6, 6.07) is 6.26. The van der Waals surface area contributed by atoms with Crippen LogP contribution in [0, 0.1) is 0 Å². The molecule has 0 heterocycles. The lowest BCUT2D eigenvalue weighted by Gasteiger charge is -2.33. The van der Waals surface area contributed by atoms with Gasteiger partial charge in [-0.25, -0.2) is 8.42 Å². The zero-order chi connectivity index (χ0) is 15.0. The van der Waals surface area contributed by atoms with Gasteiger partial charge in [-0.3, -0.25) is 0 Å². The van der Waals surface area contributed by atoms with Crippen molar-refractivity contribution >= 4 is 9.84 Å². The maximum Gasteiger partial charge on any atom is 0.154 e. The summed E-state index contributed by atoms with van der Waals surface area (Å²) >= 11 is 0. The molecular weight excluding hydrogens is 270 g/mol. The monoisotopic (exact) mass is 295 g/mol. The van der Waals surface area contributed by atoms with Gasteiger partial charge in [-0.05, 0) is 63.3 Å². The number of hydrogen-bond acceptors (Lipinski definition) is 3. The molecule has 0 aliphatic heterocycles. The van der Waals surface area contributed by atoms with Crippen molar-refractivity contribution in [3.8, 4) is 0 Å². The van der Waals surface area contributed by atoms with Crippen molar-refractivity contribution in [2.75, 3.05) is 13.3 Å². The Kier molecular flexibility index (Phi) is 4.26. The third kappa shape index (κ3) is 2.77. The summed E-state index contributed by atoms with van der Waals surface area (Å²) in [5.41, 5.74) is 3.88. The molecule has 2 rings (SSSR count). The summed E-state index contributed by atoms with van der Waals surface area (Å²) in [5.74, 6) is 0. The SMILES string of the molecule is CNC(c1ccc2c(c1)CCCC2)C(C)(C)S(C)(=O)=O. The molecule has 0 amide bonds. The first-order valence-corrected chi connectivity index (χ1v) is 9.15. The second-order valence-electron chi connectivity index (χ2n) is 6.33. The Hall–Kier alpha value is -0.870. The fraction of sp³-hybridized carbons (Fsp3) is 0.625. The lowest BCUT2D eigenvalue weighted by atomic mass is 9.87. The topological polar surface area (TPSA) is 46.2 Å². The average Bonchev–Trinajstić information content (AvgIpc) is 2.38. The highest BCUT2D eigenvalue weighted by Crippen LogP contribution is 2.34. The number of benzene rings is 1. The molecule has 20 heavy (non-hydrogen) atoms. The van der Waals surface area contributed by atoms with Crippen LogP contribution >= 0.6 is 0 Å². The molecule has 0 radical (unpaired) electrons. The molecular formula is C16H25NO2S. The molecule has 1 aromatic carbocycles. The van der Waals surface area contributed by atoms with E-state index in [9.17, 15) is 8.42 Å². The largest absolute Gasteiger partial charge is 0.312 e. The third-order valence-corrected chi connectivity index (χ3v) is 6.79. The molecule has 1 unspecified atom stereocenters. The van der Waals surface area contributed by atoms with Gasteiger partial charge in [0.1, 0.15) is 0 Å². The highest BCUT2D eigenvalue weighted by Gasteiger charge is 2.39. The van der Waals surface area contributed by atoms with E-state index >= 15 is 0 Å². The molecule has 0 fully saturated rings. The van der Waals surface area contributed by atoms with Crippen molar-refractivity contribution in [3.63, 3.8) is 0 Å². The van der Waals surface area contributed by atoms with Crippen LogP contribution in [0.15, 0.2) is 18.2 Å². The van der Waals surface area contributed by atoms with Crippen LogP contribution in [0.4, 0.5) is 0 Å². The lowest BCUT2D eigenvalue weighted by Crippen LogP contribution is -2.43. The fourth-order valence-electron chi connectivity index (χ4n) is 3.06. The van der Waals surface area contributed by atoms with Gasteiger partial charge >= 0.3 is 0 Å². The molecule has 1 aromatic rings. The maximum absolute atomic E-state index is 12.1.